The van der Waals surface area contributed by atoms with Gasteiger partial charge in [-0.2, -0.15) is 0 Å². The Morgan fingerprint density at radius 2 is 1.97 bits per heavy atom. The molecule has 0 radical (unpaired) electrons. The third kappa shape index (κ3) is 5.07. The molecule has 0 heterocycles. The van der Waals surface area contributed by atoms with Gasteiger partial charge in [0, 0.05) is 18.3 Å². The first-order valence-corrected chi connectivity index (χ1v) is 13.8. The largest absolute Gasteiger partial charge is 0.393 e. The lowest BCUT2D eigenvalue weighted by molar-refractivity contribution is -0.124. The number of rotatable bonds is 8. The van der Waals surface area contributed by atoms with Crippen molar-refractivity contribution in [3.05, 3.63) is 47.6 Å². The number of carbonyl (C=O) groups is 1. The summed E-state index contributed by atoms with van der Waals surface area (Å²) < 4.78 is 0. The van der Waals surface area contributed by atoms with Crippen LogP contribution in [0.15, 0.2) is 47.6 Å². The molecule has 6 atom stereocenters. The van der Waals surface area contributed by atoms with Crippen LogP contribution in [0.5, 0.6) is 0 Å². The molecule has 4 saturated carbocycles. The molecule has 0 unspecified atom stereocenters. The summed E-state index contributed by atoms with van der Waals surface area (Å²) in [6.07, 6.45) is 20.1. The van der Waals surface area contributed by atoms with Crippen molar-refractivity contribution in [2.45, 2.75) is 110 Å². The van der Waals surface area contributed by atoms with E-state index in [0.717, 1.165) is 49.7 Å². The Hall–Kier alpha value is -1.45. The van der Waals surface area contributed by atoms with Crippen molar-refractivity contribution < 1.29 is 15.0 Å². The fourth-order valence-electron chi connectivity index (χ4n) is 7.49. The molecule has 0 amide bonds. The first-order valence-electron chi connectivity index (χ1n) is 13.8. The molecule has 0 aromatic heterocycles. The highest BCUT2D eigenvalue weighted by Gasteiger charge is 2.50. The smallest absolute Gasteiger partial charge is 0.139 e. The van der Waals surface area contributed by atoms with E-state index in [-0.39, 0.29) is 5.41 Å². The lowest BCUT2D eigenvalue weighted by Crippen LogP contribution is -2.35. The summed E-state index contributed by atoms with van der Waals surface area (Å²) in [5.41, 5.74) is 3.62. The first kappa shape index (κ1) is 25.6. The van der Waals surface area contributed by atoms with E-state index in [9.17, 15) is 15.0 Å². The summed E-state index contributed by atoms with van der Waals surface area (Å²) in [7, 11) is 0. The second kappa shape index (κ2) is 10.3. The topological polar surface area (TPSA) is 57.5 Å². The van der Waals surface area contributed by atoms with Gasteiger partial charge in [-0.3, -0.25) is 4.79 Å². The maximum Gasteiger partial charge on any atom is 0.139 e. The van der Waals surface area contributed by atoms with E-state index >= 15 is 0 Å². The predicted molar refractivity (Wildman–Crippen MR) is 139 cm³/mol. The zero-order valence-electron chi connectivity index (χ0n) is 21.7. The number of hydrogen-bond donors (Lipinski definition) is 2. The third-order valence-corrected chi connectivity index (χ3v) is 9.81. The van der Waals surface area contributed by atoms with Crippen molar-refractivity contribution in [2.24, 2.45) is 28.6 Å². The molecule has 4 aliphatic carbocycles. The number of ketones is 1. The minimum Gasteiger partial charge on any atom is -0.393 e. The summed E-state index contributed by atoms with van der Waals surface area (Å²) in [6.45, 7) is 11.1. The summed E-state index contributed by atoms with van der Waals surface area (Å²) in [4.78, 5) is 12.5. The summed E-state index contributed by atoms with van der Waals surface area (Å²) in [5, 5.41) is 20.3. The van der Waals surface area contributed by atoms with Gasteiger partial charge in [0.2, 0.25) is 0 Å². The molecule has 4 rings (SSSR count). The summed E-state index contributed by atoms with van der Waals surface area (Å²) in [6, 6.07) is 0. The Labute approximate surface area is 207 Å². The number of allylic oxidation sites excluding steroid dienone is 5. The summed E-state index contributed by atoms with van der Waals surface area (Å²) in [5.74, 6) is 2.32. The van der Waals surface area contributed by atoms with Crippen molar-refractivity contribution in [3.63, 3.8) is 0 Å². The molecule has 0 spiro atoms. The van der Waals surface area contributed by atoms with Gasteiger partial charge in [-0.1, -0.05) is 57.2 Å². The van der Waals surface area contributed by atoms with E-state index in [1.807, 2.05) is 0 Å². The molecule has 188 valence electrons. The molecule has 0 saturated heterocycles. The van der Waals surface area contributed by atoms with Crippen LogP contribution in [0.25, 0.3) is 0 Å². The highest BCUT2D eigenvalue weighted by molar-refractivity contribution is 5.87. The molecular weight excluding hydrogens is 420 g/mol. The minimum atomic E-state index is -0.624. The molecule has 4 aliphatic rings. The molecule has 0 aromatic carbocycles. The highest BCUT2D eigenvalue weighted by atomic mass is 16.3. The van der Waals surface area contributed by atoms with Gasteiger partial charge < -0.3 is 10.2 Å². The number of aliphatic hydroxyl groups excluding tert-OH is 2. The monoisotopic (exact) mass is 466 g/mol. The Balaban J connectivity index is 1.43. The van der Waals surface area contributed by atoms with Gasteiger partial charge in [0.15, 0.2) is 0 Å². The van der Waals surface area contributed by atoms with Crippen LogP contribution in [0.3, 0.4) is 0 Å². The van der Waals surface area contributed by atoms with Gasteiger partial charge in [-0.05, 0) is 98.5 Å². The number of aliphatic hydroxyl groups is 2. The van der Waals surface area contributed by atoms with Crippen LogP contribution in [0.2, 0.25) is 0 Å². The van der Waals surface area contributed by atoms with Crippen LogP contribution in [-0.2, 0) is 4.79 Å². The Kier molecular flexibility index (Phi) is 7.74. The van der Waals surface area contributed by atoms with Crippen LogP contribution in [-0.4, -0.2) is 28.2 Å². The maximum atomic E-state index is 12.5. The van der Waals surface area contributed by atoms with Crippen molar-refractivity contribution in [1.29, 1.82) is 0 Å². The van der Waals surface area contributed by atoms with E-state index in [1.54, 1.807) is 5.57 Å². The lowest BCUT2D eigenvalue weighted by atomic mass is 9.61. The highest BCUT2D eigenvalue weighted by Crippen LogP contribution is 2.59. The second-order valence-corrected chi connectivity index (χ2v) is 12.1. The number of carbonyl (C=O) groups excluding carboxylic acids is 1. The van der Waals surface area contributed by atoms with E-state index in [1.165, 1.54) is 25.7 Å². The molecule has 34 heavy (non-hydrogen) atoms. The van der Waals surface area contributed by atoms with Crippen LogP contribution in [0, 0.1) is 28.6 Å². The van der Waals surface area contributed by atoms with Gasteiger partial charge in [0.25, 0.3) is 0 Å². The average Bonchev–Trinajstić information content (AvgIpc) is 3.49. The van der Waals surface area contributed by atoms with Crippen LogP contribution >= 0.6 is 0 Å². The Bertz CT molecular complexity index is 873. The standard InChI is InChI=1S/C31H46O3/c1-5-8-29(34)31(17-18-31)16-6-9-21(2)26-13-14-27-23(10-7-15-30(26,27)4)11-12-24-19-25(32)20-28(33)22(24)3/h6,9,11-12,21,25-28,32-33H,3,5,7-8,10,13-20H2,1-2,4H3/b9-6+,23-11+,24-12-/t21-,25-,26-,27+,28+,30-/m1/s1. The van der Waals surface area contributed by atoms with Crippen molar-refractivity contribution in [2.75, 3.05) is 0 Å². The average molecular weight is 467 g/mol. The summed E-state index contributed by atoms with van der Waals surface area (Å²) >= 11 is 0. The van der Waals surface area contributed by atoms with E-state index in [2.05, 4.69) is 51.7 Å². The Morgan fingerprint density at radius 3 is 2.68 bits per heavy atom. The quantitative estimate of drug-likeness (QED) is 0.384. The number of Topliss-reactive ketones (excluding diaryl/α,β-unsaturated/α-hetero) is 1. The van der Waals surface area contributed by atoms with E-state index in [4.69, 9.17) is 0 Å². The fourth-order valence-corrected chi connectivity index (χ4v) is 7.49. The number of fused-ring (bicyclic) bond motifs is 1. The second-order valence-electron chi connectivity index (χ2n) is 12.1. The van der Waals surface area contributed by atoms with Gasteiger partial charge in [0.05, 0.1) is 12.2 Å². The van der Waals surface area contributed by atoms with Gasteiger partial charge in [-0.25, -0.2) is 0 Å². The SMILES string of the molecule is C=C1/C(=C\C=C2/CCC[C@]3(C)[C@@H]([C@H](C)/C=C/CC4(C(=O)CCC)CC4)CC[C@@H]23)C[C@@H](O)C[C@@H]1O. The van der Waals surface area contributed by atoms with Gasteiger partial charge >= 0.3 is 0 Å². The van der Waals surface area contributed by atoms with Gasteiger partial charge in [-0.15, -0.1) is 0 Å². The fraction of sp³-hybridized carbons (Fsp3) is 0.710. The molecule has 4 fully saturated rings. The van der Waals surface area contributed by atoms with Crippen LogP contribution < -0.4 is 0 Å². The zero-order chi connectivity index (χ0) is 24.5. The molecular formula is C31H46O3. The number of hydrogen-bond acceptors (Lipinski definition) is 3. The van der Waals surface area contributed by atoms with E-state index < -0.39 is 12.2 Å². The zero-order valence-corrected chi connectivity index (χ0v) is 21.7. The van der Waals surface area contributed by atoms with Crippen molar-refractivity contribution in [3.8, 4) is 0 Å². The predicted octanol–water partition coefficient (Wildman–Crippen LogP) is 6.86. The lowest BCUT2D eigenvalue weighted by Gasteiger charge is -2.44. The first-order chi connectivity index (χ1) is 16.2. The molecule has 0 aliphatic heterocycles. The van der Waals surface area contributed by atoms with Crippen molar-refractivity contribution >= 4 is 5.78 Å². The van der Waals surface area contributed by atoms with Gasteiger partial charge in [0.1, 0.15) is 5.78 Å². The molecule has 0 bridgehead atoms. The Morgan fingerprint density at radius 1 is 1.21 bits per heavy atom. The third-order valence-electron chi connectivity index (χ3n) is 9.81. The van der Waals surface area contributed by atoms with Crippen LogP contribution in [0.4, 0.5) is 0 Å². The molecule has 3 heteroatoms. The van der Waals surface area contributed by atoms with Crippen molar-refractivity contribution in [1.82, 2.24) is 0 Å². The maximum absolute atomic E-state index is 12.5. The normalized spacial score (nSPS) is 38.4. The molecule has 2 N–H and O–H groups in total. The van der Waals surface area contributed by atoms with E-state index in [0.29, 0.717) is 41.8 Å². The molecule has 0 aromatic rings. The molecule has 3 nitrogen and oxygen atoms in total. The van der Waals surface area contributed by atoms with Crippen LogP contribution in [0.1, 0.15) is 97.8 Å². The minimum absolute atomic E-state index is 0.0210.